The maximum absolute atomic E-state index is 12.1. The lowest BCUT2D eigenvalue weighted by Crippen LogP contribution is -2.35. The largest absolute Gasteiger partial charge is 0.340 e. The van der Waals surface area contributed by atoms with Gasteiger partial charge in [0.25, 0.3) is 0 Å². The number of benzene rings is 2. The van der Waals surface area contributed by atoms with Crippen molar-refractivity contribution in [2.75, 3.05) is 20.8 Å². The molecule has 0 saturated carbocycles. The first kappa shape index (κ1) is 22.4. The third-order valence-corrected chi connectivity index (χ3v) is 6.19. The van der Waals surface area contributed by atoms with E-state index >= 15 is 0 Å². The van der Waals surface area contributed by atoms with E-state index in [9.17, 15) is 4.79 Å². The molecule has 32 heavy (non-hydrogen) atoms. The van der Waals surface area contributed by atoms with E-state index < -0.39 is 5.41 Å². The smallest absolute Gasteiger partial charge is 0.330 e. The number of rotatable bonds is 9. The van der Waals surface area contributed by atoms with Gasteiger partial charge in [0.15, 0.2) is 0 Å². The summed E-state index contributed by atoms with van der Waals surface area (Å²) < 4.78 is 0. The molecule has 0 unspecified atom stereocenters. The number of aromatic amines is 2. The van der Waals surface area contributed by atoms with E-state index in [0.717, 1.165) is 35.1 Å². The number of H-pyrrole nitrogens is 2. The van der Waals surface area contributed by atoms with Gasteiger partial charge < -0.3 is 15.4 Å². The van der Waals surface area contributed by atoms with Gasteiger partial charge in [-0.2, -0.15) is 16.1 Å². The molecule has 6 N–H and O–H groups in total. The Kier molecular flexibility index (Phi) is 6.83. The summed E-state index contributed by atoms with van der Waals surface area (Å²) in [5, 5.41) is 6.96. The molecule has 0 radical (unpaired) electrons. The third-order valence-electron chi connectivity index (χ3n) is 6.19. The van der Waals surface area contributed by atoms with Crippen LogP contribution in [0.3, 0.4) is 0 Å². The number of hydroxylamine groups is 2. The molecule has 0 amide bonds. The molecule has 2 aromatic carbocycles. The Balaban J connectivity index is 1.93. The molecule has 0 aliphatic heterocycles. The van der Waals surface area contributed by atoms with Crippen LogP contribution in [0.25, 0.3) is 0 Å². The average molecular weight is 439 g/mol. The van der Waals surface area contributed by atoms with Gasteiger partial charge in [-0.05, 0) is 59.2 Å². The summed E-state index contributed by atoms with van der Waals surface area (Å²) in [5.74, 6) is 0.586. The Hall–Kier alpha value is -2.82. The zero-order valence-electron chi connectivity index (χ0n) is 18.5. The van der Waals surface area contributed by atoms with Crippen LogP contribution in [0.15, 0.2) is 41.2 Å². The van der Waals surface area contributed by atoms with Crippen molar-refractivity contribution < 1.29 is 9.68 Å². The molecule has 1 aliphatic carbocycles. The molecule has 1 heterocycles. The molecule has 0 saturated heterocycles. The van der Waals surface area contributed by atoms with Crippen LogP contribution < -0.4 is 22.4 Å². The number of nitrogens with two attached hydrogens (primary N) is 1. The predicted octanol–water partition coefficient (Wildman–Crippen LogP) is 1.18. The second kappa shape index (κ2) is 9.76. The molecule has 1 aromatic heterocycles. The normalized spacial score (nSPS) is 14.6. The van der Waals surface area contributed by atoms with Crippen LogP contribution >= 0.6 is 0 Å². The van der Waals surface area contributed by atoms with E-state index in [1.165, 1.54) is 11.1 Å². The SMILES string of the molecule is CONCc1ccc2c(c1)CCc1cc(CNOC)ccc1C2(CCN)c1n[nH]c(=O)[nH]1. The number of aromatic nitrogens is 3. The molecular formula is C23H30N6O3. The zero-order valence-corrected chi connectivity index (χ0v) is 18.5. The summed E-state index contributed by atoms with van der Waals surface area (Å²) in [7, 11) is 3.21. The molecule has 3 aromatic rings. The van der Waals surface area contributed by atoms with E-state index in [1.807, 2.05) is 0 Å². The quantitative estimate of drug-likeness (QED) is 0.317. The Bertz CT molecular complexity index is 1060. The maximum atomic E-state index is 12.1. The van der Waals surface area contributed by atoms with Gasteiger partial charge in [0, 0.05) is 13.1 Å². The first-order chi connectivity index (χ1) is 15.6. The second-order valence-electron chi connectivity index (χ2n) is 8.00. The van der Waals surface area contributed by atoms with E-state index in [-0.39, 0.29) is 5.69 Å². The molecule has 1 aliphatic rings. The Labute approximate surface area is 186 Å². The number of fused-ring (bicyclic) bond motifs is 2. The van der Waals surface area contributed by atoms with Gasteiger partial charge in [-0.15, -0.1) is 0 Å². The van der Waals surface area contributed by atoms with Gasteiger partial charge in [0.1, 0.15) is 5.82 Å². The van der Waals surface area contributed by atoms with Crippen molar-refractivity contribution in [3.05, 3.63) is 86.1 Å². The minimum Gasteiger partial charge on any atom is -0.330 e. The van der Waals surface area contributed by atoms with Crippen LogP contribution in [0.4, 0.5) is 0 Å². The number of hydrogen-bond acceptors (Lipinski definition) is 7. The molecule has 4 rings (SSSR count). The monoisotopic (exact) mass is 438 g/mol. The highest BCUT2D eigenvalue weighted by atomic mass is 16.6. The zero-order chi connectivity index (χ0) is 22.6. The predicted molar refractivity (Wildman–Crippen MR) is 121 cm³/mol. The Morgan fingerprint density at radius 1 is 1.00 bits per heavy atom. The van der Waals surface area contributed by atoms with Crippen molar-refractivity contribution in [2.24, 2.45) is 5.73 Å². The number of nitrogens with one attached hydrogen (secondary N) is 4. The number of nitrogens with zero attached hydrogens (tertiary/aromatic N) is 1. The van der Waals surface area contributed by atoms with Gasteiger partial charge in [-0.25, -0.2) is 9.89 Å². The van der Waals surface area contributed by atoms with Gasteiger partial charge in [0.05, 0.1) is 19.6 Å². The van der Waals surface area contributed by atoms with Crippen LogP contribution in [-0.4, -0.2) is 35.9 Å². The number of hydrogen-bond donors (Lipinski definition) is 5. The Morgan fingerprint density at radius 3 is 2.00 bits per heavy atom. The lowest BCUT2D eigenvalue weighted by molar-refractivity contribution is 0.0866. The highest BCUT2D eigenvalue weighted by Gasteiger charge is 2.43. The molecule has 170 valence electrons. The van der Waals surface area contributed by atoms with Crippen molar-refractivity contribution in [1.82, 2.24) is 26.1 Å². The van der Waals surface area contributed by atoms with E-state index in [1.54, 1.807) is 14.2 Å². The molecule has 9 heteroatoms. The summed E-state index contributed by atoms with van der Waals surface area (Å²) >= 11 is 0. The minimum atomic E-state index is -0.657. The lowest BCUT2D eigenvalue weighted by Gasteiger charge is -2.34. The van der Waals surface area contributed by atoms with E-state index in [0.29, 0.717) is 31.9 Å². The standard InChI is InChI=1S/C23H30N6O3/c1-31-25-13-15-3-7-19-17(11-15)5-6-18-12-16(14-26-32-2)4-8-20(18)23(19,9-10-24)21-27-22(30)29-28-21/h3-4,7-8,11-12,25-26H,5-6,9-10,13-14,24H2,1-2H3,(H2,27,28,29,30). The highest BCUT2D eigenvalue weighted by Crippen LogP contribution is 2.45. The van der Waals surface area contributed by atoms with Crippen molar-refractivity contribution in [2.45, 2.75) is 37.8 Å². The summed E-state index contributed by atoms with van der Waals surface area (Å²) in [6.07, 6.45) is 2.34. The maximum Gasteiger partial charge on any atom is 0.340 e. The van der Waals surface area contributed by atoms with Crippen LogP contribution in [-0.2, 0) is 41.0 Å². The number of aryl methyl sites for hydroxylation is 2. The fourth-order valence-corrected chi connectivity index (χ4v) is 4.82. The minimum absolute atomic E-state index is 0.328. The molecule has 0 atom stereocenters. The van der Waals surface area contributed by atoms with E-state index in [4.69, 9.17) is 15.4 Å². The van der Waals surface area contributed by atoms with E-state index in [2.05, 4.69) is 62.5 Å². The lowest BCUT2D eigenvalue weighted by atomic mass is 9.69. The van der Waals surface area contributed by atoms with Crippen LogP contribution in [0.2, 0.25) is 0 Å². The summed E-state index contributed by atoms with van der Waals surface area (Å²) in [6, 6.07) is 12.9. The fraction of sp³-hybridized carbons (Fsp3) is 0.391. The highest BCUT2D eigenvalue weighted by molar-refractivity contribution is 5.55. The summed E-state index contributed by atoms with van der Waals surface area (Å²) in [6.45, 7) is 1.65. The molecule has 0 fully saturated rings. The fourth-order valence-electron chi connectivity index (χ4n) is 4.82. The second-order valence-corrected chi connectivity index (χ2v) is 8.00. The van der Waals surface area contributed by atoms with Crippen molar-refractivity contribution in [3.63, 3.8) is 0 Å². The molecule has 0 bridgehead atoms. The average Bonchev–Trinajstić information content (AvgIpc) is 3.20. The van der Waals surface area contributed by atoms with Crippen molar-refractivity contribution in [3.8, 4) is 0 Å². The van der Waals surface area contributed by atoms with Gasteiger partial charge in [-0.1, -0.05) is 36.4 Å². The van der Waals surface area contributed by atoms with Crippen LogP contribution in [0.1, 0.15) is 45.6 Å². The van der Waals surface area contributed by atoms with Crippen molar-refractivity contribution in [1.29, 1.82) is 0 Å². The molecule has 0 spiro atoms. The van der Waals surface area contributed by atoms with Crippen molar-refractivity contribution >= 4 is 0 Å². The van der Waals surface area contributed by atoms with Gasteiger partial charge in [-0.3, -0.25) is 4.98 Å². The topological polar surface area (TPSA) is 130 Å². The summed E-state index contributed by atoms with van der Waals surface area (Å²) in [5.41, 5.74) is 17.9. The molecular weight excluding hydrogens is 408 g/mol. The first-order valence-electron chi connectivity index (χ1n) is 10.7. The molecule has 9 nitrogen and oxygen atoms in total. The van der Waals surface area contributed by atoms with Crippen LogP contribution in [0.5, 0.6) is 0 Å². The van der Waals surface area contributed by atoms with Gasteiger partial charge >= 0.3 is 5.69 Å². The first-order valence-corrected chi connectivity index (χ1v) is 10.7. The third kappa shape index (κ3) is 4.13. The van der Waals surface area contributed by atoms with Gasteiger partial charge in [0.2, 0.25) is 0 Å². The van der Waals surface area contributed by atoms with Crippen LogP contribution in [0, 0.1) is 0 Å². The summed E-state index contributed by atoms with van der Waals surface area (Å²) in [4.78, 5) is 25.1. The Morgan fingerprint density at radius 2 is 1.56 bits per heavy atom.